The number of thiazole rings is 1. The highest BCUT2D eigenvalue weighted by atomic mass is 32.1. The van der Waals surface area contributed by atoms with E-state index in [1.54, 1.807) is 0 Å². The normalized spacial score (nSPS) is 17.1. The number of carbonyl (C=O) groups excluding carboxylic acids is 1. The molecule has 0 amide bonds. The number of ketones is 1. The Kier molecular flexibility index (Phi) is 2.10. The molecule has 1 aromatic heterocycles. The third-order valence-corrected chi connectivity index (χ3v) is 2.95. The maximum atomic E-state index is 12.0. The van der Waals surface area contributed by atoms with Crippen molar-refractivity contribution in [1.82, 2.24) is 4.98 Å². The van der Waals surface area contributed by atoms with E-state index >= 15 is 0 Å². The van der Waals surface area contributed by atoms with E-state index in [-0.39, 0.29) is 5.92 Å². The predicted molar refractivity (Wildman–Crippen MR) is 44.5 cm³/mol. The molecule has 2 nitrogen and oxygen atoms in total. The van der Waals surface area contributed by atoms with E-state index in [1.165, 1.54) is 5.38 Å². The zero-order valence-corrected chi connectivity index (χ0v) is 7.78. The lowest BCUT2D eigenvalue weighted by molar-refractivity contribution is -0.0887. The van der Waals surface area contributed by atoms with Gasteiger partial charge in [-0.3, -0.25) is 4.79 Å². The number of carbonyl (C=O) groups is 1. The van der Waals surface area contributed by atoms with Crippen LogP contribution in [0.4, 0.5) is 13.2 Å². The molecule has 0 atom stereocenters. The Hall–Kier alpha value is -0.910. The summed E-state index contributed by atoms with van der Waals surface area (Å²) in [4.78, 5) is 14.4. The molecule has 1 aliphatic carbocycles. The number of hydrogen-bond acceptors (Lipinski definition) is 3. The second kappa shape index (κ2) is 3.05. The van der Waals surface area contributed by atoms with Gasteiger partial charge in [0.25, 0.3) is 5.78 Å². The average molecular weight is 221 g/mol. The molecule has 0 bridgehead atoms. The van der Waals surface area contributed by atoms with E-state index in [2.05, 4.69) is 4.98 Å². The molecule has 76 valence electrons. The van der Waals surface area contributed by atoms with Gasteiger partial charge in [0, 0.05) is 11.3 Å². The second-order valence-corrected chi connectivity index (χ2v) is 4.06. The lowest BCUT2D eigenvalue weighted by atomic mass is 10.3. The first-order valence-corrected chi connectivity index (χ1v) is 4.93. The van der Waals surface area contributed by atoms with Crippen LogP contribution < -0.4 is 0 Å². The van der Waals surface area contributed by atoms with Gasteiger partial charge in [0.05, 0.1) is 5.01 Å². The van der Waals surface area contributed by atoms with E-state index in [1.807, 2.05) is 0 Å². The molecule has 6 heteroatoms. The minimum absolute atomic E-state index is 0.287. The van der Waals surface area contributed by atoms with E-state index in [0.29, 0.717) is 5.01 Å². The Morgan fingerprint density at radius 3 is 2.64 bits per heavy atom. The highest BCUT2D eigenvalue weighted by molar-refractivity contribution is 7.10. The van der Waals surface area contributed by atoms with Crippen LogP contribution in [0.1, 0.15) is 34.3 Å². The number of aromatic nitrogens is 1. The molecule has 0 aromatic carbocycles. The highest BCUT2D eigenvalue weighted by Gasteiger charge is 2.41. The van der Waals surface area contributed by atoms with E-state index in [4.69, 9.17) is 0 Å². The molecule has 0 aliphatic heterocycles. The molecule has 0 spiro atoms. The third-order valence-electron chi connectivity index (χ3n) is 1.94. The van der Waals surface area contributed by atoms with Crippen molar-refractivity contribution in [3.63, 3.8) is 0 Å². The lowest BCUT2D eigenvalue weighted by Gasteiger charge is -2.00. The minimum atomic E-state index is -4.81. The monoisotopic (exact) mass is 221 g/mol. The van der Waals surface area contributed by atoms with Gasteiger partial charge in [0.1, 0.15) is 5.69 Å². The SMILES string of the molecule is O=C(c1csc(C2CC2)n1)C(F)(F)F. The largest absolute Gasteiger partial charge is 0.456 e. The standard InChI is InChI=1S/C8H6F3NOS/c9-8(10,11)6(13)5-3-14-7(12-5)4-1-2-4/h3-4H,1-2H2. The van der Waals surface area contributed by atoms with E-state index < -0.39 is 17.7 Å². The van der Waals surface area contributed by atoms with Crippen molar-refractivity contribution in [2.24, 2.45) is 0 Å². The summed E-state index contributed by atoms with van der Waals surface area (Å²) < 4.78 is 35.9. The van der Waals surface area contributed by atoms with Crippen molar-refractivity contribution < 1.29 is 18.0 Å². The third kappa shape index (κ3) is 1.79. The fraction of sp³-hybridized carbons (Fsp3) is 0.500. The predicted octanol–water partition coefficient (Wildman–Crippen LogP) is 2.77. The van der Waals surface area contributed by atoms with Crippen molar-refractivity contribution in [2.45, 2.75) is 24.9 Å². The summed E-state index contributed by atoms with van der Waals surface area (Å²) in [6, 6.07) is 0. The van der Waals surface area contributed by atoms with Gasteiger partial charge in [-0.25, -0.2) is 4.98 Å². The Balaban J connectivity index is 2.20. The van der Waals surface area contributed by atoms with Crippen LogP contribution in [0.2, 0.25) is 0 Å². The maximum Gasteiger partial charge on any atom is 0.456 e. The van der Waals surface area contributed by atoms with Crippen LogP contribution in [-0.4, -0.2) is 16.9 Å². The zero-order chi connectivity index (χ0) is 10.3. The zero-order valence-electron chi connectivity index (χ0n) is 6.97. The number of rotatable bonds is 2. The quantitative estimate of drug-likeness (QED) is 0.719. The number of alkyl halides is 3. The summed E-state index contributed by atoms with van der Waals surface area (Å²) in [5.41, 5.74) is -0.468. The average Bonchev–Trinajstić information content (AvgIpc) is 2.82. The van der Waals surface area contributed by atoms with Gasteiger partial charge in [-0.05, 0) is 12.8 Å². The molecule has 1 saturated carbocycles. The van der Waals surface area contributed by atoms with Crippen molar-refractivity contribution >= 4 is 17.1 Å². The summed E-state index contributed by atoms with van der Waals surface area (Å²) in [5.74, 6) is -1.56. The summed E-state index contributed by atoms with van der Waals surface area (Å²) in [6.45, 7) is 0. The van der Waals surface area contributed by atoms with Gasteiger partial charge < -0.3 is 0 Å². The second-order valence-electron chi connectivity index (χ2n) is 3.17. The Bertz CT molecular complexity index is 367. The van der Waals surface area contributed by atoms with Crippen LogP contribution in [0.15, 0.2) is 5.38 Å². The summed E-state index contributed by atoms with van der Waals surface area (Å²) in [5, 5.41) is 1.83. The van der Waals surface area contributed by atoms with Crippen LogP contribution in [0, 0.1) is 0 Å². The van der Waals surface area contributed by atoms with Crippen LogP contribution in [-0.2, 0) is 0 Å². The van der Waals surface area contributed by atoms with Crippen LogP contribution in [0.3, 0.4) is 0 Å². The van der Waals surface area contributed by atoms with Crippen LogP contribution >= 0.6 is 11.3 Å². The number of nitrogens with zero attached hydrogens (tertiary/aromatic N) is 1. The fourth-order valence-electron chi connectivity index (χ4n) is 1.05. The van der Waals surface area contributed by atoms with Crippen molar-refractivity contribution in [1.29, 1.82) is 0 Å². The lowest BCUT2D eigenvalue weighted by Crippen LogP contribution is -2.23. The smallest absolute Gasteiger partial charge is 0.282 e. The molecule has 1 aromatic rings. The van der Waals surface area contributed by atoms with Gasteiger partial charge >= 0.3 is 6.18 Å². The first-order chi connectivity index (χ1) is 6.48. The van der Waals surface area contributed by atoms with Gasteiger partial charge in [-0.15, -0.1) is 11.3 Å². The van der Waals surface area contributed by atoms with Crippen molar-refractivity contribution in [3.8, 4) is 0 Å². The molecule has 1 fully saturated rings. The molecule has 0 radical (unpaired) electrons. The molecule has 0 unspecified atom stereocenters. The summed E-state index contributed by atoms with van der Waals surface area (Å²) in [6.07, 6.45) is -2.88. The van der Waals surface area contributed by atoms with Crippen LogP contribution in [0.5, 0.6) is 0 Å². The molecule has 1 heterocycles. The highest BCUT2D eigenvalue weighted by Crippen LogP contribution is 2.41. The number of hydrogen-bond donors (Lipinski definition) is 0. The molecule has 14 heavy (non-hydrogen) atoms. The van der Waals surface area contributed by atoms with Gasteiger partial charge in [0.15, 0.2) is 0 Å². The van der Waals surface area contributed by atoms with Gasteiger partial charge in [-0.1, -0.05) is 0 Å². The molecule has 2 rings (SSSR count). The first kappa shape index (κ1) is 9.64. The van der Waals surface area contributed by atoms with Gasteiger partial charge in [-0.2, -0.15) is 13.2 Å². The Morgan fingerprint density at radius 2 is 2.14 bits per heavy atom. The number of Topliss-reactive ketones (excluding diaryl/α,β-unsaturated/α-hetero) is 1. The Morgan fingerprint density at radius 1 is 1.50 bits per heavy atom. The molecule has 0 saturated heterocycles. The summed E-state index contributed by atoms with van der Waals surface area (Å²) in [7, 11) is 0. The molecule has 0 N–H and O–H groups in total. The first-order valence-electron chi connectivity index (χ1n) is 4.05. The van der Waals surface area contributed by atoms with Crippen LogP contribution in [0.25, 0.3) is 0 Å². The maximum absolute atomic E-state index is 12.0. The van der Waals surface area contributed by atoms with Crippen molar-refractivity contribution in [2.75, 3.05) is 0 Å². The molecule has 1 aliphatic rings. The molecular formula is C8H6F3NOS. The fourth-order valence-corrected chi connectivity index (χ4v) is 2.03. The van der Waals surface area contributed by atoms with E-state index in [9.17, 15) is 18.0 Å². The number of halogens is 3. The molecular weight excluding hydrogens is 215 g/mol. The topological polar surface area (TPSA) is 30.0 Å². The minimum Gasteiger partial charge on any atom is -0.282 e. The van der Waals surface area contributed by atoms with E-state index in [0.717, 1.165) is 24.2 Å². The van der Waals surface area contributed by atoms with Crippen molar-refractivity contribution in [3.05, 3.63) is 16.1 Å². The Labute approximate surface area is 81.8 Å². The summed E-state index contributed by atoms with van der Waals surface area (Å²) >= 11 is 1.13. The van der Waals surface area contributed by atoms with Gasteiger partial charge in [0.2, 0.25) is 0 Å².